The first-order chi connectivity index (χ1) is 9.96. The van der Waals surface area contributed by atoms with E-state index in [0.29, 0.717) is 26.0 Å². The van der Waals surface area contributed by atoms with E-state index in [2.05, 4.69) is 10.6 Å². The Bertz CT molecular complexity index is 309. The Morgan fingerprint density at radius 1 is 1.19 bits per heavy atom. The summed E-state index contributed by atoms with van der Waals surface area (Å²) >= 11 is 0. The molecule has 124 valence electrons. The SMILES string of the molecule is CCC(=O)NC(CCCCN)C(=O)NC(COC)C(C)C. The van der Waals surface area contributed by atoms with Crippen LogP contribution in [0.4, 0.5) is 0 Å². The molecule has 0 aromatic carbocycles. The van der Waals surface area contributed by atoms with Gasteiger partial charge in [-0.05, 0) is 31.7 Å². The van der Waals surface area contributed by atoms with Crippen LogP contribution in [0.1, 0.15) is 46.5 Å². The van der Waals surface area contributed by atoms with Crippen LogP contribution >= 0.6 is 0 Å². The Balaban J connectivity index is 4.62. The zero-order valence-electron chi connectivity index (χ0n) is 13.8. The Hall–Kier alpha value is -1.14. The molecule has 0 aromatic heterocycles. The van der Waals surface area contributed by atoms with E-state index in [9.17, 15) is 9.59 Å². The molecule has 0 heterocycles. The summed E-state index contributed by atoms with van der Waals surface area (Å²) < 4.78 is 5.13. The van der Waals surface area contributed by atoms with Crippen molar-refractivity contribution >= 4 is 11.8 Å². The van der Waals surface area contributed by atoms with E-state index in [0.717, 1.165) is 12.8 Å². The summed E-state index contributed by atoms with van der Waals surface area (Å²) in [6.07, 6.45) is 2.63. The van der Waals surface area contributed by atoms with E-state index in [1.165, 1.54) is 0 Å². The summed E-state index contributed by atoms with van der Waals surface area (Å²) in [6, 6.07) is -0.555. The van der Waals surface area contributed by atoms with Crippen molar-refractivity contribution in [2.75, 3.05) is 20.3 Å². The summed E-state index contributed by atoms with van der Waals surface area (Å²) in [7, 11) is 1.61. The van der Waals surface area contributed by atoms with Crippen LogP contribution in [0.15, 0.2) is 0 Å². The standard InChI is InChI=1S/C15H31N3O3/c1-5-14(19)17-12(8-6-7-9-16)15(20)18-13(10-21-4)11(2)3/h11-13H,5-10,16H2,1-4H3,(H,17,19)(H,18,20). The molecule has 2 amide bonds. The lowest BCUT2D eigenvalue weighted by molar-refractivity contribution is -0.130. The van der Waals surface area contributed by atoms with Gasteiger partial charge in [-0.15, -0.1) is 0 Å². The van der Waals surface area contributed by atoms with Crippen LogP contribution in [0.5, 0.6) is 0 Å². The fourth-order valence-electron chi connectivity index (χ4n) is 1.92. The molecule has 2 unspecified atom stereocenters. The lowest BCUT2D eigenvalue weighted by Crippen LogP contribution is -2.51. The second-order valence-corrected chi connectivity index (χ2v) is 5.57. The monoisotopic (exact) mass is 301 g/mol. The Morgan fingerprint density at radius 2 is 1.86 bits per heavy atom. The Kier molecular flexibility index (Phi) is 10.9. The molecule has 0 aliphatic heterocycles. The lowest BCUT2D eigenvalue weighted by atomic mass is 10.0. The third-order valence-corrected chi connectivity index (χ3v) is 3.40. The molecular weight excluding hydrogens is 270 g/mol. The number of hydrogen-bond acceptors (Lipinski definition) is 4. The third-order valence-electron chi connectivity index (χ3n) is 3.40. The molecule has 6 nitrogen and oxygen atoms in total. The maximum absolute atomic E-state index is 12.4. The number of nitrogens with two attached hydrogens (primary N) is 1. The van der Waals surface area contributed by atoms with Crippen molar-refractivity contribution in [1.29, 1.82) is 0 Å². The van der Waals surface area contributed by atoms with Gasteiger partial charge in [0.05, 0.1) is 12.6 Å². The number of ether oxygens (including phenoxy) is 1. The molecule has 0 spiro atoms. The number of nitrogens with one attached hydrogen (secondary N) is 2. The van der Waals surface area contributed by atoms with E-state index >= 15 is 0 Å². The number of hydrogen-bond donors (Lipinski definition) is 3. The summed E-state index contributed by atoms with van der Waals surface area (Å²) in [6.45, 7) is 6.87. The number of amides is 2. The zero-order valence-corrected chi connectivity index (χ0v) is 13.8. The normalized spacial score (nSPS) is 13.8. The third kappa shape index (κ3) is 8.67. The van der Waals surface area contributed by atoms with Crippen molar-refractivity contribution in [3.8, 4) is 0 Å². The summed E-state index contributed by atoms with van der Waals surface area (Å²) in [4.78, 5) is 23.9. The molecule has 0 aromatic rings. The van der Waals surface area contributed by atoms with E-state index < -0.39 is 6.04 Å². The van der Waals surface area contributed by atoms with E-state index in [1.807, 2.05) is 13.8 Å². The highest BCUT2D eigenvalue weighted by molar-refractivity contribution is 5.87. The maximum Gasteiger partial charge on any atom is 0.242 e. The van der Waals surface area contributed by atoms with E-state index in [4.69, 9.17) is 10.5 Å². The number of rotatable bonds is 11. The minimum Gasteiger partial charge on any atom is -0.383 e. The number of unbranched alkanes of at least 4 members (excludes halogenated alkanes) is 1. The molecule has 0 rings (SSSR count). The summed E-state index contributed by atoms with van der Waals surface area (Å²) in [5, 5.41) is 5.74. The molecule has 0 fully saturated rings. The number of carbonyl (C=O) groups is 2. The smallest absolute Gasteiger partial charge is 0.242 e. The fraction of sp³-hybridized carbons (Fsp3) is 0.867. The van der Waals surface area contributed by atoms with Crippen molar-refractivity contribution < 1.29 is 14.3 Å². The van der Waals surface area contributed by atoms with Gasteiger partial charge in [-0.1, -0.05) is 20.8 Å². The maximum atomic E-state index is 12.4. The van der Waals surface area contributed by atoms with Gasteiger partial charge in [-0.25, -0.2) is 0 Å². The van der Waals surface area contributed by atoms with Crippen LogP contribution in [0.3, 0.4) is 0 Å². The molecule has 6 heteroatoms. The first-order valence-corrected chi connectivity index (χ1v) is 7.74. The Morgan fingerprint density at radius 3 is 2.33 bits per heavy atom. The first-order valence-electron chi connectivity index (χ1n) is 7.74. The van der Waals surface area contributed by atoms with Gasteiger partial charge in [0.15, 0.2) is 0 Å². The summed E-state index contributed by atoms with van der Waals surface area (Å²) in [5.74, 6) is 0.000719. The average Bonchev–Trinajstić information content (AvgIpc) is 2.45. The van der Waals surface area contributed by atoms with E-state index in [1.54, 1.807) is 14.0 Å². The second-order valence-electron chi connectivity index (χ2n) is 5.57. The van der Waals surface area contributed by atoms with Crippen LogP contribution in [-0.2, 0) is 14.3 Å². The highest BCUT2D eigenvalue weighted by Gasteiger charge is 2.23. The van der Waals surface area contributed by atoms with Gasteiger partial charge < -0.3 is 21.1 Å². The zero-order chi connectivity index (χ0) is 16.3. The van der Waals surface area contributed by atoms with Crippen LogP contribution < -0.4 is 16.4 Å². The molecule has 0 aliphatic carbocycles. The van der Waals surface area contributed by atoms with Gasteiger partial charge in [0.1, 0.15) is 6.04 Å². The van der Waals surface area contributed by atoms with Crippen molar-refractivity contribution in [2.45, 2.75) is 58.5 Å². The topological polar surface area (TPSA) is 93.5 Å². The van der Waals surface area contributed by atoms with Crippen LogP contribution in [-0.4, -0.2) is 44.2 Å². The first kappa shape index (κ1) is 19.9. The van der Waals surface area contributed by atoms with Crippen molar-refractivity contribution in [1.82, 2.24) is 10.6 Å². The fourth-order valence-corrected chi connectivity index (χ4v) is 1.92. The van der Waals surface area contributed by atoms with Gasteiger partial charge in [0.25, 0.3) is 0 Å². The van der Waals surface area contributed by atoms with Crippen LogP contribution in [0, 0.1) is 5.92 Å². The van der Waals surface area contributed by atoms with Gasteiger partial charge in [-0.2, -0.15) is 0 Å². The van der Waals surface area contributed by atoms with E-state index in [-0.39, 0.29) is 23.8 Å². The van der Waals surface area contributed by atoms with Crippen molar-refractivity contribution in [3.05, 3.63) is 0 Å². The highest BCUT2D eigenvalue weighted by Crippen LogP contribution is 2.06. The minimum atomic E-state index is -0.498. The molecular formula is C15H31N3O3. The molecule has 21 heavy (non-hydrogen) atoms. The highest BCUT2D eigenvalue weighted by atomic mass is 16.5. The van der Waals surface area contributed by atoms with Gasteiger partial charge >= 0.3 is 0 Å². The molecule has 0 saturated heterocycles. The number of carbonyl (C=O) groups excluding carboxylic acids is 2. The quantitative estimate of drug-likeness (QED) is 0.492. The summed E-state index contributed by atoms with van der Waals surface area (Å²) in [5.41, 5.74) is 5.47. The predicted molar refractivity (Wildman–Crippen MR) is 83.8 cm³/mol. The molecule has 4 N–H and O–H groups in total. The number of methoxy groups -OCH3 is 1. The molecule has 2 atom stereocenters. The molecule has 0 radical (unpaired) electrons. The average molecular weight is 301 g/mol. The predicted octanol–water partition coefficient (Wildman–Crippen LogP) is 0.797. The van der Waals surface area contributed by atoms with Crippen molar-refractivity contribution in [3.63, 3.8) is 0 Å². The minimum absolute atomic E-state index is 0.0574. The molecule has 0 aliphatic rings. The van der Waals surface area contributed by atoms with Gasteiger partial charge in [0.2, 0.25) is 11.8 Å². The van der Waals surface area contributed by atoms with Gasteiger partial charge in [-0.3, -0.25) is 9.59 Å². The van der Waals surface area contributed by atoms with Crippen LogP contribution in [0.2, 0.25) is 0 Å². The second kappa shape index (κ2) is 11.5. The van der Waals surface area contributed by atoms with Gasteiger partial charge in [0, 0.05) is 13.5 Å². The van der Waals surface area contributed by atoms with Crippen molar-refractivity contribution in [2.24, 2.45) is 11.7 Å². The molecule has 0 bridgehead atoms. The largest absolute Gasteiger partial charge is 0.383 e. The lowest BCUT2D eigenvalue weighted by Gasteiger charge is -2.25. The molecule has 0 saturated carbocycles. The Labute approximate surface area is 128 Å². The van der Waals surface area contributed by atoms with Crippen LogP contribution in [0.25, 0.3) is 0 Å².